The van der Waals surface area contributed by atoms with Crippen LogP contribution in [-0.2, 0) is 18.3 Å². The fourth-order valence-corrected chi connectivity index (χ4v) is 3.01. The number of hydrogen-bond donors (Lipinski definition) is 2. The average Bonchev–Trinajstić information content (AvgIpc) is 2.60. The second-order valence-electron chi connectivity index (χ2n) is 5.19. The Balaban J connectivity index is 1.95. The van der Waals surface area contributed by atoms with Gasteiger partial charge in [0, 0.05) is 16.8 Å². The van der Waals surface area contributed by atoms with E-state index in [9.17, 15) is 5.11 Å². The molecule has 2 aliphatic rings. The number of aliphatic hydroxyl groups is 1. The van der Waals surface area contributed by atoms with E-state index in [4.69, 9.17) is 0 Å². The molecule has 0 spiro atoms. The van der Waals surface area contributed by atoms with Crippen LogP contribution < -0.4 is 0 Å². The predicted octanol–water partition coefficient (Wildman–Crippen LogP) is 2.31. The van der Waals surface area contributed by atoms with E-state index in [0.29, 0.717) is 6.61 Å². The van der Waals surface area contributed by atoms with Gasteiger partial charge in [0.2, 0.25) is 0 Å². The van der Waals surface area contributed by atoms with Crippen LogP contribution >= 0.6 is 0 Å². The number of H-pyrrole nitrogens is 1. The van der Waals surface area contributed by atoms with Gasteiger partial charge in [0.15, 0.2) is 0 Å². The van der Waals surface area contributed by atoms with Gasteiger partial charge in [-0.3, -0.25) is 0 Å². The monoisotopic (exact) mass is 205 g/mol. The Morgan fingerprint density at radius 3 is 2.60 bits per heavy atom. The molecule has 2 nitrogen and oxygen atoms in total. The SMILES string of the molecule is OCC1(c2cc3c([nH]2)CCCC3)CCC1. The summed E-state index contributed by atoms with van der Waals surface area (Å²) in [6.45, 7) is 0.312. The highest BCUT2D eigenvalue weighted by molar-refractivity contribution is 5.33. The first-order chi connectivity index (χ1) is 7.34. The zero-order chi connectivity index (χ0) is 10.3. The van der Waals surface area contributed by atoms with Gasteiger partial charge in [-0.2, -0.15) is 0 Å². The van der Waals surface area contributed by atoms with Crippen molar-refractivity contribution in [1.82, 2.24) is 4.98 Å². The second-order valence-corrected chi connectivity index (χ2v) is 5.19. The van der Waals surface area contributed by atoms with Crippen LogP contribution in [0.5, 0.6) is 0 Å². The first-order valence-corrected chi connectivity index (χ1v) is 6.16. The third kappa shape index (κ3) is 1.35. The molecule has 1 aromatic heterocycles. The van der Waals surface area contributed by atoms with Crippen LogP contribution in [-0.4, -0.2) is 16.7 Å². The minimum absolute atomic E-state index is 0.0946. The van der Waals surface area contributed by atoms with Crippen molar-refractivity contribution >= 4 is 0 Å². The minimum atomic E-state index is 0.0946. The first kappa shape index (κ1) is 9.46. The quantitative estimate of drug-likeness (QED) is 0.763. The van der Waals surface area contributed by atoms with E-state index in [1.807, 2.05) is 0 Å². The smallest absolute Gasteiger partial charge is 0.0542 e. The molecule has 0 atom stereocenters. The van der Waals surface area contributed by atoms with E-state index in [1.165, 1.54) is 49.1 Å². The van der Waals surface area contributed by atoms with Crippen molar-refractivity contribution < 1.29 is 5.11 Å². The molecule has 0 amide bonds. The van der Waals surface area contributed by atoms with E-state index in [1.54, 1.807) is 0 Å². The van der Waals surface area contributed by atoms with Crippen molar-refractivity contribution in [3.8, 4) is 0 Å². The third-order valence-electron chi connectivity index (χ3n) is 4.30. The van der Waals surface area contributed by atoms with E-state index in [2.05, 4.69) is 11.1 Å². The Bertz CT molecular complexity index is 334. The zero-order valence-electron chi connectivity index (χ0n) is 9.18. The first-order valence-electron chi connectivity index (χ1n) is 6.16. The maximum absolute atomic E-state index is 9.53. The van der Waals surface area contributed by atoms with Crippen molar-refractivity contribution in [2.24, 2.45) is 0 Å². The number of rotatable bonds is 2. The van der Waals surface area contributed by atoms with Crippen LogP contribution in [0, 0.1) is 0 Å². The normalized spacial score (nSPS) is 23.3. The van der Waals surface area contributed by atoms with Gasteiger partial charge in [-0.15, -0.1) is 0 Å². The van der Waals surface area contributed by atoms with Gasteiger partial charge >= 0.3 is 0 Å². The van der Waals surface area contributed by atoms with Crippen molar-refractivity contribution in [3.05, 3.63) is 23.0 Å². The van der Waals surface area contributed by atoms with Gasteiger partial charge < -0.3 is 10.1 Å². The van der Waals surface area contributed by atoms with E-state index >= 15 is 0 Å². The fraction of sp³-hybridized carbons (Fsp3) is 0.692. The van der Waals surface area contributed by atoms with Crippen LogP contribution in [0.15, 0.2) is 6.07 Å². The lowest BCUT2D eigenvalue weighted by molar-refractivity contribution is 0.117. The average molecular weight is 205 g/mol. The Morgan fingerprint density at radius 2 is 2.00 bits per heavy atom. The van der Waals surface area contributed by atoms with E-state index in [0.717, 1.165) is 12.8 Å². The summed E-state index contributed by atoms with van der Waals surface area (Å²) in [7, 11) is 0. The number of aliphatic hydroxyl groups excluding tert-OH is 1. The predicted molar refractivity (Wildman–Crippen MR) is 60.0 cm³/mol. The highest BCUT2D eigenvalue weighted by Gasteiger charge is 2.39. The summed E-state index contributed by atoms with van der Waals surface area (Å²) in [5, 5.41) is 9.53. The Morgan fingerprint density at radius 1 is 1.20 bits per heavy atom. The molecule has 1 saturated carbocycles. The molecule has 2 aliphatic carbocycles. The van der Waals surface area contributed by atoms with E-state index in [-0.39, 0.29) is 5.41 Å². The maximum atomic E-state index is 9.53. The maximum Gasteiger partial charge on any atom is 0.0542 e. The molecule has 0 radical (unpaired) electrons. The molecular weight excluding hydrogens is 186 g/mol. The summed E-state index contributed by atoms with van der Waals surface area (Å²) in [5.74, 6) is 0. The molecule has 0 saturated heterocycles. The molecule has 0 aromatic carbocycles. The molecule has 1 fully saturated rings. The number of aromatic nitrogens is 1. The van der Waals surface area contributed by atoms with E-state index < -0.39 is 0 Å². The summed E-state index contributed by atoms with van der Waals surface area (Å²) >= 11 is 0. The molecule has 0 bridgehead atoms. The minimum Gasteiger partial charge on any atom is -0.395 e. The Hall–Kier alpha value is -0.760. The van der Waals surface area contributed by atoms with Gasteiger partial charge in [-0.25, -0.2) is 0 Å². The number of aryl methyl sites for hydroxylation is 2. The number of nitrogens with one attached hydrogen (secondary N) is 1. The van der Waals surface area contributed by atoms with Gasteiger partial charge in [0.25, 0.3) is 0 Å². The number of hydrogen-bond acceptors (Lipinski definition) is 1. The van der Waals surface area contributed by atoms with Crippen LogP contribution in [0.1, 0.15) is 49.1 Å². The van der Waals surface area contributed by atoms with Crippen LogP contribution in [0.25, 0.3) is 0 Å². The summed E-state index contributed by atoms with van der Waals surface area (Å²) in [6, 6.07) is 2.32. The molecule has 0 unspecified atom stereocenters. The molecular formula is C13H19NO. The largest absolute Gasteiger partial charge is 0.395 e. The van der Waals surface area contributed by atoms with Gasteiger partial charge in [-0.1, -0.05) is 6.42 Å². The van der Waals surface area contributed by atoms with Crippen LogP contribution in [0.3, 0.4) is 0 Å². The van der Waals surface area contributed by atoms with Crippen molar-refractivity contribution in [3.63, 3.8) is 0 Å². The molecule has 2 heteroatoms. The molecule has 1 aromatic rings. The lowest BCUT2D eigenvalue weighted by Gasteiger charge is -2.39. The van der Waals surface area contributed by atoms with Crippen LogP contribution in [0.2, 0.25) is 0 Å². The van der Waals surface area contributed by atoms with Gasteiger partial charge in [0.1, 0.15) is 0 Å². The Labute approximate surface area is 90.7 Å². The summed E-state index contributed by atoms with van der Waals surface area (Å²) in [5.41, 5.74) is 4.35. The third-order valence-corrected chi connectivity index (χ3v) is 4.30. The summed E-state index contributed by atoms with van der Waals surface area (Å²) in [6.07, 6.45) is 8.66. The number of aromatic amines is 1. The fourth-order valence-electron chi connectivity index (χ4n) is 3.01. The topological polar surface area (TPSA) is 36.0 Å². The van der Waals surface area contributed by atoms with Gasteiger partial charge in [0.05, 0.1) is 6.61 Å². The molecule has 82 valence electrons. The lowest BCUT2D eigenvalue weighted by Crippen LogP contribution is -2.38. The standard InChI is InChI=1S/C13H19NO/c15-9-13(6-3-7-13)12-8-10-4-1-2-5-11(10)14-12/h8,14-15H,1-7,9H2. The van der Waals surface area contributed by atoms with Crippen LogP contribution in [0.4, 0.5) is 0 Å². The van der Waals surface area contributed by atoms with Gasteiger partial charge in [-0.05, 0) is 50.2 Å². The van der Waals surface area contributed by atoms with Crippen molar-refractivity contribution in [2.75, 3.05) is 6.61 Å². The van der Waals surface area contributed by atoms with Crippen molar-refractivity contribution in [2.45, 2.75) is 50.4 Å². The highest BCUT2D eigenvalue weighted by Crippen LogP contribution is 2.43. The molecule has 1 heterocycles. The lowest BCUT2D eigenvalue weighted by atomic mass is 9.67. The second kappa shape index (κ2) is 3.38. The Kier molecular flexibility index (Phi) is 2.13. The molecule has 3 rings (SSSR count). The molecule has 0 aliphatic heterocycles. The zero-order valence-corrected chi connectivity index (χ0v) is 9.18. The summed E-state index contributed by atoms with van der Waals surface area (Å²) < 4.78 is 0. The molecule has 2 N–H and O–H groups in total. The highest BCUT2D eigenvalue weighted by atomic mass is 16.3. The summed E-state index contributed by atoms with van der Waals surface area (Å²) in [4.78, 5) is 3.57. The van der Waals surface area contributed by atoms with Crippen molar-refractivity contribution in [1.29, 1.82) is 0 Å². The molecule has 15 heavy (non-hydrogen) atoms. The number of fused-ring (bicyclic) bond motifs is 1.